The third kappa shape index (κ3) is 6.10. The van der Waals surface area contributed by atoms with Crippen LogP contribution in [0.25, 0.3) is 10.9 Å². The summed E-state index contributed by atoms with van der Waals surface area (Å²) in [6, 6.07) is 10.2. The molecular formula is C27H40N4O3S. The largest absolute Gasteiger partial charge is 0.390 e. The molecule has 2 aliphatic heterocycles. The van der Waals surface area contributed by atoms with Crippen molar-refractivity contribution >= 4 is 28.6 Å². The van der Waals surface area contributed by atoms with Gasteiger partial charge in [0, 0.05) is 49.6 Å². The van der Waals surface area contributed by atoms with Crippen LogP contribution in [0, 0.1) is 0 Å². The lowest BCUT2D eigenvalue weighted by atomic mass is 9.96. The van der Waals surface area contributed by atoms with Crippen LogP contribution in [0.1, 0.15) is 62.9 Å². The number of benzene rings is 1. The summed E-state index contributed by atoms with van der Waals surface area (Å²) >= 11 is 1.90. The average molecular weight is 501 g/mol. The lowest BCUT2D eigenvalue weighted by Crippen LogP contribution is -2.53. The third-order valence-electron chi connectivity index (χ3n) is 7.35. The summed E-state index contributed by atoms with van der Waals surface area (Å²) in [5.74, 6) is 1.91. The number of nitrogens with zero attached hydrogens (tertiary/aromatic N) is 2. The molecule has 192 valence electrons. The molecule has 2 saturated heterocycles. The molecule has 2 bridgehead atoms. The molecule has 0 radical (unpaired) electrons. The smallest absolute Gasteiger partial charge is 0.264 e. The van der Waals surface area contributed by atoms with E-state index in [9.17, 15) is 14.7 Å². The predicted octanol–water partition coefficient (Wildman–Crippen LogP) is 3.01. The van der Waals surface area contributed by atoms with Crippen molar-refractivity contribution in [3.05, 3.63) is 46.2 Å². The van der Waals surface area contributed by atoms with Gasteiger partial charge in [0.25, 0.3) is 11.5 Å². The van der Waals surface area contributed by atoms with Crippen LogP contribution in [0.5, 0.6) is 0 Å². The van der Waals surface area contributed by atoms with Crippen molar-refractivity contribution in [2.24, 2.45) is 0 Å². The topological polar surface area (TPSA) is 86.6 Å². The molecule has 1 amide bonds. The minimum Gasteiger partial charge on any atom is -0.390 e. The molecule has 7 nitrogen and oxygen atoms in total. The Morgan fingerprint density at radius 3 is 2.60 bits per heavy atom. The first-order chi connectivity index (χ1) is 16.9. The Kier molecular flexibility index (Phi) is 8.92. The molecule has 35 heavy (non-hydrogen) atoms. The molecule has 4 rings (SSSR count). The van der Waals surface area contributed by atoms with E-state index in [0.29, 0.717) is 25.2 Å². The summed E-state index contributed by atoms with van der Waals surface area (Å²) in [6.07, 6.45) is 3.53. The van der Waals surface area contributed by atoms with Crippen molar-refractivity contribution in [1.29, 1.82) is 0 Å². The highest BCUT2D eigenvalue weighted by Crippen LogP contribution is 2.35. The van der Waals surface area contributed by atoms with Gasteiger partial charge in [-0.05, 0) is 62.8 Å². The number of aromatic nitrogens is 1. The third-order valence-corrected chi connectivity index (χ3v) is 8.26. The van der Waals surface area contributed by atoms with Crippen LogP contribution < -0.4 is 16.2 Å². The van der Waals surface area contributed by atoms with Crippen molar-refractivity contribution in [2.45, 2.75) is 76.7 Å². The van der Waals surface area contributed by atoms with E-state index in [1.54, 1.807) is 10.6 Å². The summed E-state index contributed by atoms with van der Waals surface area (Å²) in [7, 11) is 0. The molecule has 1 aromatic heterocycles. The number of nitrogens with one attached hydrogen (secondary N) is 2. The zero-order chi connectivity index (χ0) is 24.9. The van der Waals surface area contributed by atoms with Crippen molar-refractivity contribution in [3.63, 3.8) is 0 Å². The molecule has 1 aromatic carbocycles. The molecule has 8 heteroatoms. The highest BCUT2D eigenvalue weighted by molar-refractivity contribution is 7.99. The molecule has 2 unspecified atom stereocenters. The molecule has 0 aliphatic carbocycles. The van der Waals surface area contributed by atoms with Gasteiger partial charge < -0.3 is 20.3 Å². The zero-order valence-electron chi connectivity index (χ0n) is 21.2. The highest BCUT2D eigenvalue weighted by Gasteiger charge is 2.41. The number of piperidine rings is 1. The van der Waals surface area contributed by atoms with Crippen LogP contribution in [0.4, 0.5) is 0 Å². The monoisotopic (exact) mass is 500 g/mol. The van der Waals surface area contributed by atoms with Gasteiger partial charge >= 0.3 is 0 Å². The fraction of sp³-hybridized carbons (Fsp3) is 0.630. The van der Waals surface area contributed by atoms with Crippen LogP contribution in [-0.4, -0.2) is 75.9 Å². The number of carbonyl (C=O) groups excluding carboxylic acids is 1. The van der Waals surface area contributed by atoms with E-state index in [1.807, 2.05) is 49.9 Å². The molecule has 2 aromatic rings. The number of thioether (sulfide) groups is 1. The fourth-order valence-corrected chi connectivity index (χ4v) is 6.36. The summed E-state index contributed by atoms with van der Waals surface area (Å²) < 4.78 is 1.72. The van der Waals surface area contributed by atoms with E-state index >= 15 is 0 Å². The van der Waals surface area contributed by atoms with Gasteiger partial charge in [-0.3, -0.25) is 14.5 Å². The van der Waals surface area contributed by atoms with Gasteiger partial charge in [-0.25, -0.2) is 0 Å². The number of para-hydroxylation sites is 1. The van der Waals surface area contributed by atoms with E-state index in [-0.39, 0.29) is 35.2 Å². The number of aliphatic hydroxyl groups excluding tert-OH is 1. The number of rotatable bonds is 11. The van der Waals surface area contributed by atoms with Gasteiger partial charge in [-0.1, -0.05) is 25.1 Å². The number of aliphatic hydroxyl groups is 1. The second kappa shape index (κ2) is 11.9. The van der Waals surface area contributed by atoms with Crippen LogP contribution in [0.3, 0.4) is 0 Å². The first kappa shape index (κ1) is 26.2. The van der Waals surface area contributed by atoms with E-state index in [2.05, 4.69) is 22.5 Å². The van der Waals surface area contributed by atoms with Gasteiger partial charge in [0.1, 0.15) is 5.56 Å². The van der Waals surface area contributed by atoms with Gasteiger partial charge in [-0.2, -0.15) is 11.8 Å². The summed E-state index contributed by atoms with van der Waals surface area (Å²) in [5.41, 5.74) is 0.840. The minimum atomic E-state index is -0.386. The number of amides is 1. The Morgan fingerprint density at radius 1 is 1.20 bits per heavy atom. The number of hydrogen-bond donors (Lipinski definition) is 3. The Morgan fingerprint density at radius 2 is 1.91 bits per heavy atom. The molecule has 4 atom stereocenters. The quantitative estimate of drug-likeness (QED) is 0.411. The average Bonchev–Trinajstić information content (AvgIpc) is 3.05. The Hall–Kier alpha value is -1.87. The van der Waals surface area contributed by atoms with Gasteiger partial charge in [0.2, 0.25) is 0 Å². The second-order valence-electron chi connectivity index (χ2n) is 10.2. The summed E-state index contributed by atoms with van der Waals surface area (Å²) in [6.45, 7) is 8.31. The molecule has 2 fully saturated rings. The lowest BCUT2D eigenvalue weighted by Gasteiger charge is -2.40. The summed E-state index contributed by atoms with van der Waals surface area (Å²) in [5, 5.41) is 18.0. The van der Waals surface area contributed by atoms with Crippen LogP contribution >= 0.6 is 11.8 Å². The Bertz CT molecular complexity index is 1060. The normalized spacial score (nSPS) is 23.2. The lowest BCUT2D eigenvalue weighted by molar-refractivity contribution is 0.0506. The minimum absolute atomic E-state index is 0.0365. The standard InChI is InChI=1S/C27H40N4O3S/c1-4-35-12-11-28-16-23(32)17-30-21-9-10-22(30)15-20(14-21)29-26(33)24-13-19-7-5-6-8-25(19)31(18(2)3)27(24)34/h5-8,13,18,20-23,28,32H,4,9-12,14-17H2,1-3H3,(H,29,33)/t20?,21-,22+,23?. The number of fused-ring (bicyclic) bond motifs is 3. The van der Waals surface area contributed by atoms with E-state index in [4.69, 9.17) is 0 Å². The summed E-state index contributed by atoms with van der Waals surface area (Å²) in [4.78, 5) is 28.9. The van der Waals surface area contributed by atoms with Gasteiger partial charge in [0.15, 0.2) is 0 Å². The Balaban J connectivity index is 1.37. The first-order valence-corrected chi connectivity index (χ1v) is 14.2. The molecule has 2 aliphatic rings. The van der Waals surface area contributed by atoms with Crippen molar-refractivity contribution in [1.82, 2.24) is 20.1 Å². The van der Waals surface area contributed by atoms with Crippen molar-refractivity contribution < 1.29 is 9.90 Å². The second-order valence-corrected chi connectivity index (χ2v) is 11.6. The Labute approximate surface area is 212 Å². The maximum Gasteiger partial charge on any atom is 0.264 e. The van der Waals surface area contributed by atoms with Crippen LogP contribution in [0.15, 0.2) is 35.1 Å². The molecule has 0 spiro atoms. The van der Waals surface area contributed by atoms with Crippen molar-refractivity contribution in [2.75, 3.05) is 31.1 Å². The van der Waals surface area contributed by atoms with E-state index in [1.165, 1.54) is 0 Å². The number of hydrogen-bond acceptors (Lipinski definition) is 6. The fourth-order valence-electron chi connectivity index (χ4n) is 5.78. The maximum atomic E-state index is 13.3. The van der Waals surface area contributed by atoms with Crippen molar-refractivity contribution in [3.8, 4) is 0 Å². The first-order valence-electron chi connectivity index (χ1n) is 13.1. The van der Waals surface area contributed by atoms with Gasteiger partial charge in [0.05, 0.1) is 11.6 Å². The number of pyridine rings is 1. The molecule has 0 saturated carbocycles. The van der Waals surface area contributed by atoms with E-state index in [0.717, 1.165) is 54.6 Å². The van der Waals surface area contributed by atoms with E-state index < -0.39 is 0 Å². The predicted molar refractivity (Wildman–Crippen MR) is 144 cm³/mol. The highest BCUT2D eigenvalue weighted by atomic mass is 32.2. The maximum absolute atomic E-state index is 13.3. The molecule has 3 heterocycles. The number of carbonyl (C=O) groups is 1. The van der Waals surface area contributed by atoms with Gasteiger partial charge in [-0.15, -0.1) is 0 Å². The van der Waals surface area contributed by atoms with Crippen LogP contribution in [0.2, 0.25) is 0 Å². The molecular weight excluding hydrogens is 460 g/mol. The molecule has 3 N–H and O–H groups in total. The SMILES string of the molecule is CCSCCNCC(O)CN1[C@@H]2CC[C@H]1CC(NC(=O)c1cc3ccccc3n(C(C)C)c1=O)C2. The zero-order valence-corrected chi connectivity index (χ0v) is 22.0. The van der Waals surface area contributed by atoms with Crippen LogP contribution in [-0.2, 0) is 0 Å².